The van der Waals surface area contributed by atoms with E-state index >= 15 is 0 Å². The molecule has 1 aromatic heterocycles. The van der Waals surface area contributed by atoms with Gasteiger partial charge in [0.1, 0.15) is 0 Å². The fourth-order valence-corrected chi connectivity index (χ4v) is 3.17. The van der Waals surface area contributed by atoms with Crippen molar-refractivity contribution in [1.82, 2.24) is 15.5 Å². The maximum atomic E-state index is 11.8. The van der Waals surface area contributed by atoms with E-state index in [4.69, 9.17) is 0 Å². The molecule has 0 bridgehead atoms. The van der Waals surface area contributed by atoms with Crippen LogP contribution in [0, 0.1) is 6.92 Å². The Kier molecular flexibility index (Phi) is 6.42. The molecule has 2 rings (SSSR count). The molecule has 22 heavy (non-hydrogen) atoms. The van der Waals surface area contributed by atoms with E-state index in [-0.39, 0.29) is 5.91 Å². The molecular formula is C15H18N4OS2. The maximum Gasteiger partial charge on any atom is 0.230 e. The maximum absolute atomic E-state index is 11.8. The number of thioether (sulfide) groups is 1. The zero-order chi connectivity index (χ0) is 15.8. The molecule has 1 heterocycles. The summed E-state index contributed by atoms with van der Waals surface area (Å²) in [5.41, 5.74) is 2.30. The Morgan fingerprint density at radius 3 is 2.86 bits per heavy atom. The van der Waals surface area contributed by atoms with Crippen molar-refractivity contribution in [2.24, 2.45) is 0 Å². The third kappa shape index (κ3) is 5.50. The number of aromatic nitrogens is 2. The number of carbonyl (C=O) groups excluding carboxylic acids is 1. The fourth-order valence-electron chi connectivity index (χ4n) is 1.58. The Bertz CT molecular complexity index is 625. The van der Waals surface area contributed by atoms with E-state index < -0.39 is 0 Å². The van der Waals surface area contributed by atoms with Crippen LogP contribution in [0.3, 0.4) is 0 Å². The van der Waals surface area contributed by atoms with Crippen molar-refractivity contribution in [3.63, 3.8) is 0 Å². The number of nitrogens with one attached hydrogen (secondary N) is 2. The summed E-state index contributed by atoms with van der Waals surface area (Å²) in [6, 6.07) is 8.11. The minimum Gasteiger partial charge on any atom is -0.357 e. The summed E-state index contributed by atoms with van der Waals surface area (Å²) in [7, 11) is 0. The second-order valence-corrected chi connectivity index (χ2v) is 6.79. The average Bonchev–Trinajstić information content (AvgIpc) is 2.98. The van der Waals surface area contributed by atoms with Crippen LogP contribution in [0.1, 0.15) is 11.1 Å². The third-order valence-corrected chi connectivity index (χ3v) is 4.76. The number of benzene rings is 1. The van der Waals surface area contributed by atoms with E-state index in [1.165, 1.54) is 28.7 Å². The van der Waals surface area contributed by atoms with Gasteiger partial charge in [0, 0.05) is 13.1 Å². The summed E-state index contributed by atoms with van der Waals surface area (Å²) in [6.45, 7) is 6.86. The first kappa shape index (κ1) is 16.5. The van der Waals surface area contributed by atoms with Crippen molar-refractivity contribution in [3.8, 4) is 0 Å². The van der Waals surface area contributed by atoms with Gasteiger partial charge in [-0.25, -0.2) is 0 Å². The monoisotopic (exact) mass is 334 g/mol. The van der Waals surface area contributed by atoms with Crippen LogP contribution >= 0.6 is 23.1 Å². The number of rotatable bonds is 8. The van der Waals surface area contributed by atoms with Gasteiger partial charge in [0.05, 0.1) is 5.75 Å². The van der Waals surface area contributed by atoms with Gasteiger partial charge in [-0.3, -0.25) is 4.79 Å². The summed E-state index contributed by atoms with van der Waals surface area (Å²) in [5.74, 6) is 0.323. The van der Waals surface area contributed by atoms with Gasteiger partial charge in [-0.2, -0.15) is 0 Å². The highest BCUT2D eigenvalue weighted by atomic mass is 32.2. The molecule has 2 aromatic rings. The highest BCUT2D eigenvalue weighted by Crippen LogP contribution is 2.25. The Balaban J connectivity index is 1.72. The first-order valence-electron chi connectivity index (χ1n) is 6.80. The Morgan fingerprint density at radius 1 is 1.36 bits per heavy atom. The molecule has 7 heteroatoms. The van der Waals surface area contributed by atoms with Gasteiger partial charge in [0.25, 0.3) is 0 Å². The van der Waals surface area contributed by atoms with E-state index in [0.29, 0.717) is 18.8 Å². The summed E-state index contributed by atoms with van der Waals surface area (Å²) < 4.78 is 0.775. The molecule has 0 unspecified atom stereocenters. The Hall–Kier alpha value is -1.86. The van der Waals surface area contributed by atoms with Gasteiger partial charge in [0.15, 0.2) is 4.34 Å². The lowest BCUT2D eigenvalue weighted by atomic mass is 10.1. The summed E-state index contributed by atoms with van der Waals surface area (Å²) in [4.78, 5) is 11.8. The molecular weight excluding hydrogens is 316 g/mol. The third-order valence-electron chi connectivity index (χ3n) is 2.74. The summed E-state index contributed by atoms with van der Waals surface area (Å²) >= 11 is 2.82. The van der Waals surface area contributed by atoms with Gasteiger partial charge in [-0.1, -0.05) is 59.0 Å². The van der Waals surface area contributed by atoms with E-state index in [2.05, 4.69) is 27.4 Å². The predicted molar refractivity (Wildman–Crippen MR) is 92.3 cm³/mol. The molecule has 1 aromatic carbocycles. The summed E-state index contributed by atoms with van der Waals surface area (Å²) in [5, 5.41) is 14.7. The van der Waals surface area contributed by atoms with Crippen LogP contribution in [-0.2, 0) is 11.3 Å². The van der Waals surface area contributed by atoms with Crippen molar-refractivity contribution in [2.45, 2.75) is 17.8 Å². The number of aryl methyl sites for hydroxylation is 1. The van der Waals surface area contributed by atoms with E-state index in [1.807, 2.05) is 31.2 Å². The van der Waals surface area contributed by atoms with Crippen molar-refractivity contribution in [2.75, 3.05) is 17.6 Å². The standard InChI is InChI=1S/C15H18N4OS2/c1-3-8-16-14-18-19-15(22-14)21-10-13(20)17-9-12-6-4-11(2)5-7-12/h3-7H,1,8-10H2,2H3,(H,16,18)(H,17,20). The number of carbonyl (C=O) groups is 1. The molecule has 0 saturated carbocycles. The van der Waals surface area contributed by atoms with Gasteiger partial charge in [-0.05, 0) is 12.5 Å². The van der Waals surface area contributed by atoms with Crippen LogP contribution in [0.25, 0.3) is 0 Å². The first-order valence-corrected chi connectivity index (χ1v) is 8.61. The van der Waals surface area contributed by atoms with Crippen LogP contribution < -0.4 is 10.6 Å². The molecule has 0 fully saturated rings. The molecule has 0 aliphatic carbocycles. The highest BCUT2D eigenvalue weighted by Gasteiger charge is 2.07. The van der Waals surface area contributed by atoms with Crippen molar-refractivity contribution in [1.29, 1.82) is 0 Å². The molecule has 0 atom stereocenters. The van der Waals surface area contributed by atoms with Crippen LogP contribution in [0.15, 0.2) is 41.3 Å². The van der Waals surface area contributed by atoms with Crippen molar-refractivity contribution >= 4 is 34.1 Å². The highest BCUT2D eigenvalue weighted by molar-refractivity contribution is 8.01. The summed E-state index contributed by atoms with van der Waals surface area (Å²) in [6.07, 6.45) is 1.76. The van der Waals surface area contributed by atoms with E-state index in [1.54, 1.807) is 6.08 Å². The second kappa shape index (κ2) is 8.55. The van der Waals surface area contributed by atoms with E-state index in [0.717, 1.165) is 15.0 Å². The number of nitrogens with zero attached hydrogens (tertiary/aromatic N) is 2. The van der Waals surface area contributed by atoms with Crippen molar-refractivity contribution in [3.05, 3.63) is 48.0 Å². The smallest absolute Gasteiger partial charge is 0.230 e. The molecule has 0 aliphatic heterocycles. The Morgan fingerprint density at radius 2 is 2.14 bits per heavy atom. The van der Waals surface area contributed by atoms with Crippen LogP contribution in [-0.4, -0.2) is 28.4 Å². The normalized spacial score (nSPS) is 10.2. The number of anilines is 1. The quantitative estimate of drug-likeness (QED) is 0.574. The molecule has 2 N–H and O–H groups in total. The fraction of sp³-hybridized carbons (Fsp3) is 0.267. The number of amides is 1. The number of hydrogen-bond acceptors (Lipinski definition) is 6. The zero-order valence-electron chi connectivity index (χ0n) is 12.3. The SMILES string of the molecule is C=CCNc1nnc(SCC(=O)NCc2ccc(C)cc2)s1. The first-order chi connectivity index (χ1) is 10.7. The lowest BCUT2D eigenvalue weighted by Crippen LogP contribution is -2.24. The molecule has 0 spiro atoms. The number of hydrogen-bond donors (Lipinski definition) is 2. The van der Waals surface area contributed by atoms with Crippen LogP contribution in [0.4, 0.5) is 5.13 Å². The van der Waals surface area contributed by atoms with Gasteiger partial charge in [-0.15, -0.1) is 16.8 Å². The average molecular weight is 334 g/mol. The Labute approximate surface area is 138 Å². The minimum atomic E-state index is -0.0126. The lowest BCUT2D eigenvalue weighted by Gasteiger charge is -2.04. The van der Waals surface area contributed by atoms with E-state index in [9.17, 15) is 4.79 Å². The largest absolute Gasteiger partial charge is 0.357 e. The van der Waals surface area contributed by atoms with Crippen LogP contribution in [0.2, 0.25) is 0 Å². The van der Waals surface area contributed by atoms with Gasteiger partial charge >= 0.3 is 0 Å². The molecule has 1 amide bonds. The molecule has 116 valence electrons. The lowest BCUT2D eigenvalue weighted by molar-refractivity contribution is -0.118. The zero-order valence-corrected chi connectivity index (χ0v) is 14.0. The topological polar surface area (TPSA) is 66.9 Å². The van der Waals surface area contributed by atoms with Crippen molar-refractivity contribution < 1.29 is 4.79 Å². The van der Waals surface area contributed by atoms with Crippen LogP contribution in [0.5, 0.6) is 0 Å². The molecule has 0 aliphatic rings. The minimum absolute atomic E-state index is 0.0126. The van der Waals surface area contributed by atoms with Gasteiger partial charge in [0.2, 0.25) is 11.0 Å². The molecule has 5 nitrogen and oxygen atoms in total. The molecule has 0 saturated heterocycles. The second-order valence-electron chi connectivity index (χ2n) is 4.59. The predicted octanol–water partition coefficient (Wildman–Crippen LogP) is 2.85. The van der Waals surface area contributed by atoms with Gasteiger partial charge < -0.3 is 10.6 Å². The molecule has 0 radical (unpaired) electrons.